The SMILES string of the molecule is c1ccc2c(c1)C[C@H]1CSC(=Nc3cccc4cnccc34)N1C2. The molecule has 0 bridgehead atoms. The highest BCUT2D eigenvalue weighted by molar-refractivity contribution is 8.14. The van der Waals surface area contributed by atoms with E-state index in [1.165, 1.54) is 16.5 Å². The average Bonchev–Trinajstić information content (AvgIpc) is 3.02. The van der Waals surface area contributed by atoms with Crippen LogP contribution in [0.1, 0.15) is 11.1 Å². The van der Waals surface area contributed by atoms with Gasteiger partial charge in [0.25, 0.3) is 0 Å². The van der Waals surface area contributed by atoms with Gasteiger partial charge in [0.05, 0.1) is 5.69 Å². The minimum absolute atomic E-state index is 0.570. The summed E-state index contributed by atoms with van der Waals surface area (Å²) in [5, 5.41) is 3.46. The Morgan fingerprint density at radius 3 is 2.92 bits per heavy atom. The molecule has 0 unspecified atom stereocenters. The van der Waals surface area contributed by atoms with Gasteiger partial charge in [-0.05, 0) is 29.7 Å². The molecule has 1 atom stereocenters. The first-order valence-electron chi connectivity index (χ1n) is 8.26. The molecule has 1 fully saturated rings. The number of nitrogens with zero attached hydrogens (tertiary/aromatic N) is 3. The van der Waals surface area contributed by atoms with Gasteiger partial charge < -0.3 is 4.90 Å². The van der Waals surface area contributed by atoms with Gasteiger partial charge >= 0.3 is 0 Å². The van der Waals surface area contributed by atoms with Gasteiger partial charge in [-0.2, -0.15) is 0 Å². The van der Waals surface area contributed by atoms with Crippen molar-refractivity contribution >= 4 is 33.4 Å². The minimum atomic E-state index is 0.570. The fourth-order valence-corrected chi connectivity index (χ4v) is 4.80. The lowest BCUT2D eigenvalue weighted by atomic mass is 9.95. The van der Waals surface area contributed by atoms with Crippen molar-refractivity contribution in [3.8, 4) is 0 Å². The first kappa shape index (κ1) is 14.1. The van der Waals surface area contributed by atoms with Crippen LogP contribution < -0.4 is 0 Å². The van der Waals surface area contributed by atoms with Crippen molar-refractivity contribution < 1.29 is 0 Å². The topological polar surface area (TPSA) is 28.5 Å². The second-order valence-electron chi connectivity index (χ2n) is 6.33. The normalized spacial score (nSPS) is 21.1. The molecule has 3 aromatic rings. The van der Waals surface area contributed by atoms with E-state index in [0.29, 0.717) is 6.04 Å². The molecule has 118 valence electrons. The number of rotatable bonds is 1. The molecule has 4 heteroatoms. The van der Waals surface area contributed by atoms with Crippen molar-refractivity contribution in [2.75, 3.05) is 5.75 Å². The summed E-state index contributed by atoms with van der Waals surface area (Å²) in [6, 6.07) is 17.7. The predicted molar refractivity (Wildman–Crippen MR) is 101 cm³/mol. The maximum absolute atomic E-state index is 5.02. The molecule has 1 saturated heterocycles. The van der Waals surface area contributed by atoms with Gasteiger partial charge in [0.15, 0.2) is 5.17 Å². The Labute approximate surface area is 145 Å². The van der Waals surface area contributed by atoms with Crippen molar-refractivity contribution in [3.05, 3.63) is 72.1 Å². The van der Waals surface area contributed by atoms with E-state index in [-0.39, 0.29) is 0 Å². The Morgan fingerprint density at radius 2 is 1.96 bits per heavy atom. The molecule has 3 heterocycles. The van der Waals surface area contributed by atoms with E-state index in [2.05, 4.69) is 58.4 Å². The second kappa shape index (κ2) is 5.64. The molecular weight excluding hydrogens is 314 g/mol. The molecular formula is C20H17N3S. The Bertz CT molecular complexity index is 945. The molecule has 0 aliphatic carbocycles. The highest BCUT2D eigenvalue weighted by Crippen LogP contribution is 2.36. The van der Waals surface area contributed by atoms with Crippen LogP contribution in [0.5, 0.6) is 0 Å². The number of benzene rings is 2. The number of hydrogen-bond donors (Lipinski definition) is 0. The molecule has 0 spiro atoms. The number of fused-ring (bicyclic) bond motifs is 3. The zero-order valence-corrected chi connectivity index (χ0v) is 14.0. The third-order valence-corrected chi connectivity index (χ3v) is 6.02. The zero-order chi connectivity index (χ0) is 15.9. The first-order valence-corrected chi connectivity index (χ1v) is 9.25. The molecule has 5 rings (SSSR count). The molecule has 24 heavy (non-hydrogen) atoms. The summed E-state index contributed by atoms with van der Waals surface area (Å²) in [5.74, 6) is 1.12. The van der Waals surface area contributed by atoms with Gasteiger partial charge in [0, 0.05) is 41.5 Å². The van der Waals surface area contributed by atoms with Gasteiger partial charge in [-0.15, -0.1) is 0 Å². The number of aliphatic imine (C=N–C) groups is 1. The maximum atomic E-state index is 5.02. The van der Waals surface area contributed by atoms with Crippen molar-refractivity contribution in [2.45, 2.75) is 19.0 Å². The molecule has 1 aromatic heterocycles. The Balaban J connectivity index is 1.55. The number of aromatic nitrogens is 1. The molecule has 2 aliphatic rings. The van der Waals surface area contributed by atoms with Crippen LogP contribution in [0.3, 0.4) is 0 Å². The Hall–Kier alpha value is -2.33. The van der Waals surface area contributed by atoms with Crippen LogP contribution >= 0.6 is 11.8 Å². The third kappa shape index (κ3) is 2.29. The van der Waals surface area contributed by atoms with Crippen molar-refractivity contribution in [3.63, 3.8) is 0 Å². The third-order valence-electron chi connectivity index (χ3n) is 4.88. The molecule has 0 radical (unpaired) electrons. The average molecular weight is 331 g/mol. The summed E-state index contributed by atoms with van der Waals surface area (Å²) in [6.07, 6.45) is 4.87. The number of thioether (sulfide) groups is 1. The van der Waals surface area contributed by atoms with E-state index in [1.54, 1.807) is 0 Å². The lowest BCUT2D eigenvalue weighted by molar-refractivity contribution is 0.320. The van der Waals surface area contributed by atoms with Gasteiger partial charge in [0.1, 0.15) is 0 Å². The van der Waals surface area contributed by atoms with Crippen molar-refractivity contribution in [1.82, 2.24) is 9.88 Å². The molecule has 0 saturated carbocycles. The molecule has 0 N–H and O–H groups in total. The van der Waals surface area contributed by atoms with Gasteiger partial charge in [-0.25, -0.2) is 4.99 Å². The lowest BCUT2D eigenvalue weighted by Gasteiger charge is -2.32. The smallest absolute Gasteiger partial charge is 0.165 e. The summed E-state index contributed by atoms with van der Waals surface area (Å²) in [4.78, 5) is 11.7. The molecule has 3 nitrogen and oxygen atoms in total. The largest absolute Gasteiger partial charge is 0.343 e. The number of amidine groups is 1. The van der Waals surface area contributed by atoms with Gasteiger partial charge in [-0.1, -0.05) is 48.2 Å². The maximum Gasteiger partial charge on any atom is 0.165 e. The molecule has 0 amide bonds. The Morgan fingerprint density at radius 1 is 1.04 bits per heavy atom. The van der Waals surface area contributed by atoms with Crippen LogP contribution in [-0.4, -0.2) is 26.8 Å². The van der Waals surface area contributed by atoms with Gasteiger partial charge in [-0.3, -0.25) is 4.98 Å². The highest BCUT2D eigenvalue weighted by atomic mass is 32.2. The van der Waals surface area contributed by atoms with Crippen LogP contribution in [-0.2, 0) is 13.0 Å². The van der Waals surface area contributed by atoms with Crippen molar-refractivity contribution in [1.29, 1.82) is 0 Å². The summed E-state index contributed by atoms with van der Waals surface area (Å²) in [7, 11) is 0. The number of pyridine rings is 1. The summed E-state index contributed by atoms with van der Waals surface area (Å²) >= 11 is 1.88. The second-order valence-corrected chi connectivity index (χ2v) is 7.32. The summed E-state index contributed by atoms with van der Waals surface area (Å²) < 4.78 is 0. The first-order chi connectivity index (χ1) is 11.9. The van der Waals surface area contributed by atoms with E-state index in [9.17, 15) is 0 Å². The highest BCUT2D eigenvalue weighted by Gasteiger charge is 2.34. The monoisotopic (exact) mass is 331 g/mol. The van der Waals surface area contributed by atoms with Crippen LogP contribution in [0.4, 0.5) is 5.69 Å². The number of hydrogen-bond acceptors (Lipinski definition) is 3. The van der Waals surface area contributed by atoms with Crippen molar-refractivity contribution in [2.24, 2.45) is 4.99 Å². The van der Waals surface area contributed by atoms with Gasteiger partial charge in [0.2, 0.25) is 0 Å². The summed E-state index contributed by atoms with van der Waals surface area (Å²) in [6.45, 7) is 0.971. The van der Waals surface area contributed by atoms with Crippen LogP contribution in [0.25, 0.3) is 10.8 Å². The molecule has 2 aliphatic heterocycles. The molecule has 2 aromatic carbocycles. The van der Waals surface area contributed by atoms with Crippen LogP contribution in [0, 0.1) is 0 Å². The fraction of sp³-hybridized carbons (Fsp3) is 0.200. The van der Waals surface area contributed by atoms with Crippen LogP contribution in [0.15, 0.2) is 65.9 Å². The van der Waals surface area contributed by atoms with E-state index >= 15 is 0 Å². The van der Waals surface area contributed by atoms with E-state index < -0.39 is 0 Å². The van der Waals surface area contributed by atoms with Crippen LogP contribution in [0.2, 0.25) is 0 Å². The van der Waals surface area contributed by atoms with E-state index in [4.69, 9.17) is 4.99 Å². The quantitative estimate of drug-likeness (QED) is 0.662. The lowest BCUT2D eigenvalue weighted by Crippen LogP contribution is -2.38. The van der Waals surface area contributed by atoms with E-state index in [1.807, 2.05) is 24.2 Å². The summed E-state index contributed by atoms with van der Waals surface area (Å²) in [5.41, 5.74) is 3.97. The zero-order valence-electron chi connectivity index (χ0n) is 13.2. The Kier molecular flexibility index (Phi) is 3.30. The fourth-order valence-electron chi connectivity index (χ4n) is 3.62. The standard InChI is InChI=1S/C20H17N3S/c1-2-5-16-12-23-17(10-14(16)4-1)13-24-20(23)22-19-7-3-6-15-11-21-9-8-18(15)19/h1-9,11,17H,10,12-13H2/t17-/m0/s1. The van der Waals surface area contributed by atoms with E-state index in [0.717, 1.165) is 35.0 Å². The minimum Gasteiger partial charge on any atom is -0.343 e. The predicted octanol–water partition coefficient (Wildman–Crippen LogP) is 4.40.